The maximum absolute atomic E-state index is 13.7. The molecule has 8 heteroatoms. The van der Waals surface area contributed by atoms with Crippen molar-refractivity contribution in [1.29, 1.82) is 0 Å². The number of piperazine rings is 1. The van der Waals surface area contributed by atoms with Crippen LogP contribution in [0.3, 0.4) is 0 Å². The fourth-order valence-electron chi connectivity index (χ4n) is 5.90. The summed E-state index contributed by atoms with van der Waals surface area (Å²) in [5.41, 5.74) is 3.19. The van der Waals surface area contributed by atoms with E-state index in [0.29, 0.717) is 38.2 Å². The van der Waals surface area contributed by atoms with E-state index < -0.39 is 11.7 Å². The van der Waals surface area contributed by atoms with Crippen LogP contribution in [0, 0.1) is 0 Å². The van der Waals surface area contributed by atoms with Gasteiger partial charge < -0.3 is 9.64 Å². The maximum Gasteiger partial charge on any atom is 0.417 e. The van der Waals surface area contributed by atoms with Crippen molar-refractivity contribution in [2.45, 2.75) is 31.6 Å². The Balaban J connectivity index is 1.29. The van der Waals surface area contributed by atoms with Crippen molar-refractivity contribution in [3.8, 4) is 5.75 Å². The molecule has 0 spiro atoms. The summed E-state index contributed by atoms with van der Waals surface area (Å²) >= 11 is 6.36. The second-order valence-electron chi connectivity index (χ2n) is 11.8. The number of halogens is 4. The number of hydrogen-bond donors (Lipinski definition) is 0. The number of nitrogens with zero attached hydrogens (tertiary/aromatic N) is 3. The summed E-state index contributed by atoms with van der Waals surface area (Å²) in [6, 6.07) is 32.9. The van der Waals surface area contributed by atoms with Gasteiger partial charge in [-0.05, 0) is 53.9 Å². The predicted molar refractivity (Wildman–Crippen MR) is 176 cm³/mol. The molecule has 0 N–H and O–H groups in total. The lowest BCUT2D eigenvalue weighted by Gasteiger charge is -2.32. The molecule has 4 aromatic carbocycles. The van der Waals surface area contributed by atoms with Gasteiger partial charge in [-0.3, -0.25) is 9.80 Å². The Kier molecular flexibility index (Phi) is 11.6. The SMILES string of the molecule is CN1CCN(Cc2cccc(OCCCN(Cc3cccc(C(F)(F)F)c3Cl)CC(c3ccccc3)c3ccccc3)c2)CC1. The maximum atomic E-state index is 13.7. The second kappa shape index (κ2) is 15.8. The van der Waals surface area contributed by atoms with Crippen LogP contribution in [0.5, 0.6) is 5.75 Å². The normalized spacial score (nSPS) is 14.7. The molecule has 4 aromatic rings. The van der Waals surface area contributed by atoms with Gasteiger partial charge in [0, 0.05) is 58.3 Å². The summed E-state index contributed by atoms with van der Waals surface area (Å²) in [6.45, 7) is 7.19. The minimum Gasteiger partial charge on any atom is -0.494 e. The number of benzene rings is 4. The molecular formula is C37H41ClF3N3O. The van der Waals surface area contributed by atoms with Gasteiger partial charge in [-0.25, -0.2) is 0 Å². The summed E-state index contributed by atoms with van der Waals surface area (Å²) in [5.74, 6) is 0.865. The molecule has 1 aliphatic heterocycles. The number of ether oxygens (including phenoxy) is 1. The lowest BCUT2D eigenvalue weighted by atomic mass is 9.90. The highest BCUT2D eigenvalue weighted by Crippen LogP contribution is 2.37. The molecule has 1 aliphatic rings. The third-order valence-corrected chi connectivity index (χ3v) is 8.86. The van der Waals surface area contributed by atoms with Crippen LogP contribution in [0.25, 0.3) is 0 Å². The van der Waals surface area contributed by atoms with E-state index in [1.165, 1.54) is 11.6 Å². The van der Waals surface area contributed by atoms with Crippen molar-refractivity contribution in [2.75, 3.05) is 52.9 Å². The largest absolute Gasteiger partial charge is 0.494 e. The average molecular weight is 636 g/mol. The molecule has 1 heterocycles. The lowest BCUT2D eigenvalue weighted by molar-refractivity contribution is -0.137. The molecule has 0 unspecified atom stereocenters. The zero-order chi connectivity index (χ0) is 31.6. The minimum absolute atomic E-state index is 0.0316. The predicted octanol–water partition coefficient (Wildman–Crippen LogP) is 8.21. The molecule has 45 heavy (non-hydrogen) atoms. The van der Waals surface area contributed by atoms with Crippen LogP contribution in [0.1, 0.15) is 40.2 Å². The van der Waals surface area contributed by atoms with E-state index in [1.807, 2.05) is 48.5 Å². The Morgan fingerprint density at radius 2 is 1.47 bits per heavy atom. The first kappa shape index (κ1) is 33.0. The van der Waals surface area contributed by atoms with Gasteiger partial charge in [0.2, 0.25) is 0 Å². The molecule has 4 nitrogen and oxygen atoms in total. The Morgan fingerprint density at radius 1 is 0.822 bits per heavy atom. The Morgan fingerprint density at radius 3 is 2.11 bits per heavy atom. The number of hydrogen-bond acceptors (Lipinski definition) is 4. The quantitative estimate of drug-likeness (QED) is 0.138. The van der Waals surface area contributed by atoms with E-state index >= 15 is 0 Å². The Bertz CT molecular complexity index is 1440. The molecule has 1 saturated heterocycles. The fourth-order valence-corrected chi connectivity index (χ4v) is 6.20. The number of rotatable bonds is 13. The van der Waals surface area contributed by atoms with Crippen molar-refractivity contribution in [3.05, 3.63) is 136 Å². The standard InChI is InChI=1S/C37H41ClF3N3O/c1-42-20-22-43(23-21-42)26-29-11-8-17-33(25-29)45-24-10-19-44(27-32-16-9-18-35(36(32)38)37(39,40)41)28-34(30-12-4-2-5-13-30)31-14-6-3-7-15-31/h2-9,11-18,25,34H,10,19-24,26-28H2,1H3. The van der Waals surface area contributed by atoms with E-state index in [-0.39, 0.29) is 10.9 Å². The summed E-state index contributed by atoms with van der Waals surface area (Å²) in [6.07, 6.45) is -3.81. The molecule has 0 aliphatic carbocycles. The van der Waals surface area contributed by atoms with E-state index in [4.69, 9.17) is 16.3 Å². The van der Waals surface area contributed by atoms with Crippen LogP contribution < -0.4 is 4.74 Å². The second-order valence-corrected chi connectivity index (χ2v) is 12.2. The molecule has 0 amide bonds. The minimum atomic E-state index is -4.51. The highest BCUT2D eigenvalue weighted by Gasteiger charge is 2.34. The summed E-state index contributed by atoms with van der Waals surface area (Å²) in [7, 11) is 2.16. The van der Waals surface area contributed by atoms with Gasteiger partial charge in [0.25, 0.3) is 0 Å². The average Bonchev–Trinajstić information content (AvgIpc) is 3.04. The van der Waals surface area contributed by atoms with Crippen LogP contribution >= 0.6 is 11.6 Å². The van der Waals surface area contributed by atoms with Gasteiger partial charge in [0.1, 0.15) is 5.75 Å². The van der Waals surface area contributed by atoms with Gasteiger partial charge in [-0.1, -0.05) is 96.5 Å². The highest BCUT2D eigenvalue weighted by molar-refractivity contribution is 6.32. The highest BCUT2D eigenvalue weighted by atomic mass is 35.5. The Labute approximate surface area is 270 Å². The zero-order valence-corrected chi connectivity index (χ0v) is 26.5. The molecule has 0 radical (unpaired) electrons. The molecule has 0 bridgehead atoms. The van der Waals surface area contributed by atoms with Gasteiger partial charge in [-0.2, -0.15) is 13.2 Å². The number of likely N-dealkylation sites (N-methyl/N-ethyl adjacent to an activating group) is 1. The van der Waals surface area contributed by atoms with Crippen LogP contribution in [0.4, 0.5) is 13.2 Å². The summed E-state index contributed by atoms with van der Waals surface area (Å²) in [4.78, 5) is 7.01. The third-order valence-electron chi connectivity index (χ3n) is 8.41. The van der Waals surface area contributed by atoms with Crippen molar-refractivity contribution in [1.82, 2.24) is 14.7 Å². The van der Waals surface area contributed by atoms with Crippen molar-refractivity contribution in [2.24, 2.45) is 0 Å². The molecule has 0 saturated carbocycles. The van der Waals surface area contributed by atoms with E-state index in [1.54, 1.807) is 6.07 Å². The van der Waals surface area contributed by atoms with Crippen LogP contribution in [0.15, 0.2) is 103 Å². The van der Waals surface area contributed by atoms with Crippen molar-refractivity contribution in [3.63, 3.8) is 0 Å². The first-order valence-corrected chi connectivity index (χ1v) is 15.9. The van der Waals surface area contributed by atoms with Crippen LogP contribution in [-0.2, 0) is 19.3 Å². The summed E-state index contributed by atoms with van der Waals surface area (Å²) < 4.78 is 47.2. The van der Waals surface area contributed by atoms with Gasteiger partial charge in [0.15, 0.2) is 0 Å². The molecule has 0 aromatic heterocycles. The van der Waals surface area contributed by atoms with Gasteiger partial charge >= 0.3 is 6.18 Å². The molecule has 1 fully saturated rings. The van der Waals surface area contributed by atoms with Crippen molar-refractivity contribution >= 4 is 11.6 Å². The van der Waals surface area contributed by atoms with Gasteiger partial charge in [-0.15, -0.1) is 0 Å². The molecule has 5 rings (SSSR count). The monoisotopic (exact) mass is 635 g/mol. The first-order chi connectivity index (χ1) is 21.8. The van der Waals surface area contributed by atoms with E-state index in [2.05, 4.69) is 58.1 Å². The van der Waals surface area contributed by atoms with Crippen molar-refractivity contribution < 1.29 is 17.9 Å². The zero-order valence-electron chi connectivity index (χ0n) is 25.7. The molecule has 238 valence electrons. The van der Waals surface area contributed by atoms with Crippen LogP contribution in [-0.4, -0.2) is 67.6 Å². The molecular weight excluding hydrogens is 595 g/mol. The number of alkyl halides is 3. The Hall–Kier alpha value is -3.36. The fraction of sp³-hybridized carbons (Fsp3) is 0.351. The van der Waals surface area contributed by atoms with E-state index in [9.17, 15) is 13.2 Å². The van der Waals surface area contributed by atoms with Gasteiger partial charge in [0.05, 0.1) is 17.2 Å². The van der Waals surface area contributed by atoms with E-state index in [0.717, 1.165) is 55.7 Å². The van der Waals surface area contributed by atoms with Crippen LogP contribution in [0.2, 0.25) is 5.02 Å². The first-order valence-electron chi connectivity index (χ1n) is 15.6. The smallest absolute Gasteiger partial charge is 0.417 e. The summed E-state index contributed by atoms with van der Waals surface area (Å²) in [5, 5.41) is -0.237. The molecule has 0 atom stereocenters. The lowest BCUT2D eigenvalue weighted by Crippen LogP contribution is -2.43. The third kappa shape index (κ3) is 9.57. The topological polar surface area (TPSA) is 19.0 Å².